The third kappa shape index (κ3) is 4.42. The van der Waals surface area contributed by atoms with E-state index in [0.29, 0.717) is 6.08 Å². The summed E-state index contributed by atoms with van der Waals surface area (Å²) in [6.07, 6.45) is 1.55. The zero-order valence-corrected chi connectivity index (χ0v) is 13.7. The molecule has 16 heavy (non-hydrogen) atoms. The van der Waals surface area contributed by atoms with Crippen LogP contribution in [0, 0.1) is 0 Å². The van der Waals surface area contributed by atoms with Crippen LogP contribution in [-0.2, 0) is 24.4 Å². The van der Waals surface area contributed by atoms with Gasteiger partial charge in [0.05, 0.1) is 5.57 Å². The maximum Gasteiger partial charge on any atom is 1.00 e. The summed E-state index contributed by atoms with van der Waals surface area (Å²) in [6, 6.07) is 0. The summed E-state index contributed by atoms with van der Waals surface area (Å²) >= 11 is 0. The molecule has 0 radical (unpaired) electrons. The molecule has 1 aliphatic heterocycles. The Bertz CT molecular complexity index is 447. The zero-order valence-electron chi connectivity index (χ0n) is 10.8. The van der Waals surface area contributed by atoms with Gasteiger partial charge < -0.3 is 7.59 Å². The molecule has 0 bridgehead atoms. The van der Waals surface area contributed by atoms with Crippen molar-refractivity contribution in [3.05, 3.63) is 24.3 Å². The molecule has 6 nitrogen and oxygen atoms in total. The van der Waals surface area contributed by atoms with Gasteiger partial charge in [0.2, 0.25) is 0 Å². The number of hydrogen-bond acceptors (Lipinski definition) is 5. The smallest absolute Gasteiger partial charge is 1.00 e. The van der Waals surface area contributed by atoms with Crippen LogP contribution in [0.2, 0.25) is 0 Å². The average molecular weight is 266 g/mol. The minimum atomic E-state index is -4.49. The Morgan fingerprint density at radius 2 is 1.94 bits per heavy atom. The van der Waals surface area contributed by atoms with E-state index in [-0.39, 0.29) is 62.0 Å². The first-order chi connectivity index (χ1) is 6.36. The molecule has 1 rings (SSSR count). The molecule has 80 valence electrons. The van der Waals surface area contributed by atoms with Gasteiger partial charge >= 0.3 is 71.1 Å². The van der Waals surface area contributed by atoms with E-state index in [0.717, 1.165) is 6.08 Å². The first-order valence-corrected chi connectivity index (χ1v) is 4.93. The van der Waals surface area contributed by atoms with E-state index in [1.807, 2.05) is 0 Å². The molecular weight excluding hydrogens is 258 g/mol. The molecule has 9 heteroatoms. The Labute approximate surface area is 139 Å². The van der Waals surface area contributed by atoms with E-state index in [2.05, 4.69) is 11.3 Å². The van der Waals surface area contributed by atoms with E-state index in [1.54, 1.807) is 0 Å². The van der Waals surface area contributed by atoms with Crippen LogP contribution >= 0.6 is 0 Å². The fraction of sp³-hybridized carbons (Fsp3) is 0.143. The minimum absolute atomic E-state index is 0. The Kier molecular flexibility index (Phi) is 8.35. The van der Waals surface area contributed by atoms with Gasteiger partial charge in [-0.15, -0.1) is 6.58 Å². The van der Waals surface area contributed by atoms with Crippen LogP contribution in [0.5, 0.6) is 0 Å². The molecule has 0 aliphatic carbocycles. The van der Waals surface area contributed by atoms with Gasteiger partial charge in [-0.3, -0.25) is 4.55 Å². The average Bonchev–Trinajstić information content (AvgIpc) is 2.29. The van der Waals surface area contributed by atoms with Gasteiger partial charge in [0, 0.05) is 6.08 Å². The van der Waals surface area contributed by atoms with Gasteiger partial charge in [0.1, 0.15) is 5.25 Å². The summed E-state index contributed by atoms with van der Waals surface area (Å²) in [4.78, 5) is 21.5. The Morgan fingerprint density at radius 1 is 1.44 bits per heavy atom. The quantitative estimate of drug-likeness (QED) is 0.179. The monoisotopic (exact) mass is 266 g/mol. The van der Waals surface area contributed by atoms with E-state index < -0.39 is 32.9 Å². The number of rotatable bonds is 3. The zero-order chi connectivity index (χ0) is 10.9. The molecule has 0 aromatic heterocycles. The fourth-order valence-electron chi connectivity index (χ4n) is 0.973. The molecule has 0 spiro atoms. The first-order valence-electron chi connectivity index (χ1n) is 3.43. The van der Waals surface area contributed by atoms with Crippen LogP contribution in [0.15, 0.2) is 24.3 Å². The molecule has 0 saturated heterocycles. The largest absolute Gasteiger partial charge is 1.00 e. The second-order valence-corrected chi connectivity index (χ2v) is 4.02. The van der Waals surface area contributed by atoms with Crippen molar-refractivity contribution in [1.29, 1.82) is 0 Å². The standard InChI is InChI=1S/C7H6O6S.2Na.2H/c1-2-5(14(10,11)12)4-3-6(8)13-7(4)9;;;;/h2-3,5H,1H2,(H,10,11,12);;;;/q;2*+1;2*-1. The van der Waals surface area contributed by atoms with Gasteiger partial charge in [-0.25, -0.2) is 9.59 Å². The van der Waals surface area contributed by atoms with Crippen molar-refractivity contribution in [3.8, 4) is 0 Å². The third-order valence-electron chi connectivity index (χ3n) is 1.54. The van der Waals surface area contributed by atoms with Gasteiger partial charge in [0.25, 0.3) is 10.1 Å². The fourth-order valence-corrected chi connectivity index (χ4v) is 1.70. The Hall–Kier alpha value is 0.530. The number of ether oxygens (including phenoxy) is 1. The SMILES string of the molecule is C=CC(C1=CC(=O)OC1=O)S(=O)(=O)O.[H-].[H-].[Na+].[Na+]. The van der Waals surface area contributed by atoms with Crippen molar-refractivity contribution in [1.82, 2.24) is 0 Å². The van der Waals surface area contributed by atoms with Crippen LogP contribution < -0.4 is 59.1 Å². The van der Waals surface area contributed by atoms with Crippen LogP contribution in [0.1, 0.15) is 2.85 Å². The molecule has 1 N–H and O–H groups in total. The second-order valence-electron chi connectivity index (χ2n) is 2.48. The van der Waals surface area contributed by atoms with Crippen molar-refractivity contribution >= 4 is 22.1 Å². The van der Waals surface area contributed by atoms with Gasteiger partial charge in [0.15, 0.2) is 0 Å². The molecule has 0 fully saturated rings. The Balaban J connectivity index is -0.000000245. The number of esters is 2. The van der Waals surface area contributed by atoms with E-state index in [9.17, 15) is 18.0 Å². The first kappa shape index (κ1) is 18.9. The summed E-state index contributed by atoms with van der Waals surface area (Å²) in [5.41, 5.74) is -0.437. The van der Waals surface area contributed by atoms with Crippen LogP contribution in [-0.4, -0.2) is 30.2 Å². The molecule has 1 heterocycles. The normalized spacial score (nSPS) is 16.4. The molecule has 0 amide bonds. The van der Waals surface area contributed by atoms with Crippen LogP contribution in [0.25, 0.3) is 0 Å². The summed E-state index contributed by atoms with van der Waals surface area (Å²) in [7, 11) is -4.49. The predicted octanol–water partition coefficient (Wildman–Crippen LogP) is -6.33. The van der Waals surface area contributed by atoms with Crippen molar-refractivity contribution in [2.45, 2.75) is 5.25 Å². The molecule has 0 saturated carbocycles. The van der Waals surface area contributed by atoms with Crippen LogP contribution in [0.3, 0.4) is 0 Å². The van der Waals surface area contributed by atoms with Crippen molar-refractivity contribution < 1.29 is 89.3 Å². The molecule has 1 atom stereocenters. The van der Waals surface area contributed by atoms with Crippen molar-refractivity contribution in [2.24, 2.45) is 0 Å². The van der Waals surface area contributed by atoms with Gasteiger partial charge in [-0.1, -0.05) is 6.08 Å². The second kappa shape index (κ2) is 7.07. The molecule has 1 aliphatic rings. The van der Waals surface area contributed by atoms with E-state index in [1.165, 1.54) is 0 Å². The molecule has 0 aromatic rings. The summed E-state index contributed by atoms with van der Waals surface area (Å²) in [5, 5.41) is -1.62. The predicted molar refractivity (Wildman–Crippen MR) is 46.9 cm³/mol. The van der Waals surface area contributed by atoms with Crippen molar-refractivity contribution in [2.75, 3.05) is 0 Å². The van der Waals surface area contributed by atoms with Crippen molar-refractivity contribution in [3.63, 3.8) is 0 Å². The molecule has 1 unspecified atom stereocenters. The Morgan fingerprint density at radius 3 is 2.19 bits per heavy atom. The molecular formula is C7H8Na2O6S. The topological polar surface area (TPSA) is 97.7 Å². The van der Waals surface area contributed by atoms with Crippen LogP contribution in [0.4, 0.5) is 0 Å². The number of carbonyl (C=O) groups excluding carboxylic acids is 2. The van der Waals surface area contributed by atoms with E-state index in [4.69, 9.17) is 4.55 Å². The van der Waals surface area contributed by atoms with Gasteiger partial charge in [-0.05, 0) is 0 Å². The maximum absolute atomic E-state index is 10.9. The number of hydrogen-bond donors (Lipinski definition) is 1. The summed E-state index contributed by atoms with van der Waals surface area (Å²) in [6.45, 7) is 3.13. The number of cyclic esters (lactones) is 2. The van der Waals surface area contributed by atoms with Gasteiger partial charge in [-0.2, -0.15) is 8.42 Å². The maximum atomic E-state index is 10.9. The molecule has 0 aromatic carbocycles. The number of carbonyl (C=O) groups is 2. The van der Waals surface area contributed by atoms with E-state index >= 15 is 0 Å². The minimum Gasteiger partial charge on any atom is -1.00 e. The summed E-state index contributed by atoms with van der Waals surface area (Å²) in [5.74, 6) is -2.04. The third-order valence-corrected chi connectivity index (χ3v) is 2.63. The summed E-state index contributed by atoms with van der Waals surface area (Å²) < 4.78 is 34.2.